The molecule has 0 atom stereocenters. The monoisotopic (exact) mass is 230 g/mol. The lowest BCUT2D eigenvalue weighted by molar-refractivity contribution is 0.655. The molecule has 0 aliphatic carbocycles. The van der Waals surface area contributed by atoms with Gasteiger partial charge in [0, 0.05) is 6.42 Å². The number of benzene rings is 1. The molecule has 0 radical (unpaired) electrons. The van der Waals surface area contributed by atoms with Crippen LogP contribution in [0.2, 0.25) is 0 Å². The van der Waals surface area contributed by atoms with Crippen LogP contribution in [-0.2, 0) is 12.8 Å². The van der Waals surface area contributed by atoms with Crippen molar-refractivity contribution in [2.24, 2.45) is 0 Å². The third-order valence-electron chi connectivity index (χ3n) is 2.79. The maximum absolute atomic E-state index is 8.39. The quantitative estimate of drug-likeness (QED) is 0.697. The Morgan fingerprint density at radius 3 is 2.29 bits per heavy atom. The number of nitriles is 1. The number of unbranched alkanes of at least 4 members (excludes halogenated alkanes) is 1. The van der Waals surface area contributed by atoms with E-state index in [0.717, 1.165) is 25.9 Å². The van der Waals surface area contributed by atoms with Crippen molar-refractivity contribution in [1.29, 1.82) is 5.26 Å². The summed E-state index contributed by atoms with van der Waals surface area (Å²) >= 11 is 0. The van der Waals surface area contributed by atoms with Crippen LogP contribution in [0.4, 0.5) is 0 Å². The third-order valence-corrected chi connectivity index (χ3v) is 2.79. The molecule has 1 rings (SSSR count). The number of nitrogens with one attached hydrogen (secondary N) is 1. The first-order valence-corrected chi connectivity index (χ1v) is 6.52. The molecule has 2 heteroatoms. The van der Waals surface area contributed by atoms with Crippen molar-refractivity contribution in [2.45, 2.75) is 39.0 Å². The first kappa shape index (κ1) is 13.7. The molecular formula is C15H22N2. The molecule has 0 amide bonds. The highest BCUT2D eigenvalue weighted by molar-refractivity contribution is 5.22. The number of hydrogen-bond donors (Lipinski definition) is 1. The van der Waals surface area contributed by atoms with Gasteiger partial charge in [-0.1, -0.05) is 37.6 Å². The largest absolute Gasteiger partial charge is 0.316 e. The summed E-state index contributed by atoms with van der Waals surface area (Å²) in [6.45, 7) is 4.15. The van der Waals surface area contributed by atoms with Crippen molar-refractivity contribution in [1.82, 2.24) is 5.32 Å². The molecule has 0 fully saturated rings. The van der Waals surface area contributed by atoms with E-state index in [1.807, 2.05) is 0 Å². The molecule has 17 heavy (non-hydrogen) atoms. The molecule has 0 aliphatic heterocycles. The van der Waals surface area contributed by atoms with Gasteiger partial charge in [-0.2, -0.15) is 5.26 Å². The van der Waals surface area contributed by atoms with Crippen LogP contribution in [0.1, 0.15) is 37.3 Å². The highest BCUT2D eigenvalue weighted by Gasteiger charge is 1.94. The van der Waals surface area contributed by atoms with Crippen LogP contribution in [-0.4, -0.2) is 13.1 Å². The van der Waals surface area contributed by atoms with Gasteiger partial charge in [-0.15, -0.1) is 0 Å². The zero-order valence-electron chi connectivity index (χ0n) is 10.7. The molecule has 2 nitrogen and oxygen atoms in total. The van der Waals surface area contributed by atoms with Crippen LogP contribution in [0.3, 0.4) is 0 Å². The Kier molecular flexibility index (Phi) is 7.09. The molecule has 92 valence electrons. The minimum atomic E-state index is 0.652. The lowest BCUT2D eigenvalue weighted by atomic mass is 10.1. The summed E-state index contributed by atoms with van der Waals surface area (Å²) in [5.41, 5.74) is 2.82. The number of aryl methyl sites for hydroxylation is 1. The van der Waals surface area contributed by atoms with Crippen molar-refractivity contribution < 1.29 is 0 Å². The topological polar surface area (TPSA) is 35.8 Å². The zero-order valence-corrected chi connectivity index (χ0v) is 10.7. The highest BCUT2D eigenvalue weighted by atomic mass is 14.8. The predicted molar refractivity (Wildman–Crippen MR) is 71.9 cm³/mol. The summed E-state index contributed by atoms with van der Waals surface area (Å²) < 4.78 is 0. The van der Waals surface area contributed by atoms with Gasteiger partial charge in [-0.3, -0.25) is 0 Å². The summed E-state index contributed by atoms with van der Waals surface area (Å²) in [7, 11) is 0. The van der Waals surface area contributed by atoms with E-state index in [4.69, 9.17) is 5.26 Å². The van der Waals surface area contributed by atoms with E-state index in [2.05, 4.69) is 42.6 Å². The van der Waals surface area contributed by atoms with Gasteiger partial charge in [0.05, 0.1) is 6.07 Å². The van der Waals surface area contributed by atoms with Crippen molar-refractivity contribution in [3.63, 3.8) is 0 Å². The predicted octanol–water partition coefficient (Wildman–Crippen LogP) is 3.07. The maximum Gasteiger partial charge on any atom is 0.0622 e. The molecule has 0 saturated carbocycles. The van der Waals surface area contributed by atoms with E-state index in [0.29, 0.717) is 6.42 Å². The summed E-state index contributed by atoms with van der Waals surface area (Å²) in [5.74, 6) is 0. The number of hydrogen-bond acceptors (Lipinski definition) is 2. The van der Waals surface area contributed by atoms with E-state index in [9.17, 15) is 0 Å². The Balaban J connectivity index is 2.16. The molecule has 0 saturated heterocycles. The van der Waals surface area contributed by atoms with Crippen LogP contribution in [0.5, 0.6) is 0 Å². The Hall–Kier alpha value is -1.33. The molecule has 0 bridgehead atoms. The molecular weight excluding hydrogens is 208 g/mol. The SMILES string of the molecule is CCCc1ccc(CCNCCCC#N)cc1. The fourth-order valence-electron chi connectivity index (χ4n) is 1.81. The van der Waals surface area contributed by atoms with Crippen LogP contribution < -0.4 is 5.32 Å². The Labute approximate surface area is 105 Å². The van der Waals surface area contributed by atoms with E-state index in [1.54, 1.807) is 0 Å². The lowest BCUT2D eigenvalue weighted by Gasteiger charge is -2.05. The van der Waals surface area contributed by atoms with E-state index in [1.165, 1.54) is 24.0 Å². The van der Waals surface area contributed by atoms with Crippen LogP contribution in [0.15, 0.2) is 24.3 Å². The Morgan fingerprint density at radius 1 is 1.06 bits per heavy atom. The third kappa shape index (κ3) is 6.09. The first-order valence-electron chi connectivity index (χ1n) is 6.52. The molecule has 0 aromatic heterocycles. The van der Waals surface area contributed by atoms with Crippen molar-refractivity contribution in [3.05, 3.63) is 35.4 Å². The summed E-state index contributed by atoms with van der Waals surface area (Å²) in [6.07, 6.45) is 5.05. The summed E-state index contributed by atoms with van der Waals surface area (Å²) in [6, 6.07) is 11.1. The summed E-state index contributed by atoms with van der Waals surface area (Å²) in [5, 5.41) is 11.8. The normalized spacial score (nSPS) is 10.1. The van der Waals surface area contributed by atoms with Crippen LogP contribution in [0, 0.1) is 11.3 Å². The second-order valence-electron chi connectivity index (χ2n) is 4.33. The van der Waals surface area contributed by atoms with E-state index in [-0.39, 0.29) is 0 Å². The summed E-state index contributed by atoms with van der Waals surface area (Å²) in [4.78, 5) is 0. The smallest absolute Gasteiger partial charge is 0.0622 e. The number of nitrogens with zero attached hydrogens (tertiary/aromatic N) is 1. The van der Waals surface area contributed by atoms with Gasteiger partial charge in [0.15, 0.2) is 0 Å². The fourth-order valence-corrected chi connectivity index (χ4v) is 1.81. The van der Waals surface area contributed by atoms with Crippen LogP contribution >= 0.6 is 0 Å². The standard InChI is InChI=1S/C15H22N2/c1-2-5-14-6-8-15(9-7-14)10-13-17-12-4-3-11-16/h6-9,17H,2-5,10,12-13H2,1H3. The van der Waals surface area contributed by atoms with Crippen LogP contribution in [0.25, 0.3) is 0 Å². The highest BCUT2D eigenvalue weighted by Crippen LogP contribution is 2.06. The first-order chi connectivity index (χ1) is 8.36. The Bertz CT molecular complexity index is 335. The second kappa shape index (κ2) is 8.78. The van der Waals surface area contributed by atoms with Gasteiger partial charge in [-0.05, 0) is 43.5 Å². The van der Waals surface area contributed by atoms with Gasteiger partial charge in [0.25, 0.3) is 0 Å². The number of rotatable bonds is 8. The minimum absolute atomic E-state index is 0.652. The molecule has 0 spiro atoms. The Morgan fingerprint density at radius 2 is 1.71 bits per heavy atom. The van der Waals surface area contributed by atoms with Gasteiger partial charge in [0.2, 0.25) is 0 Å². The van der Waals surface area contributed by atoms with E-state index >= 15 is 0 Å². The van der Waals surface area contributed by atoms with Gasteiger partial charge in [-0.25, -0.2) is 0 Å². The van der Waals surface area contributed by atoms with Crippen molar-refractivity contribution in [3.8, 4) is 6.07 Å². The van der Waals surface area contributed by atoms with Gasteiger partial charge >= 0.3 is 0 Å². The lowest BCUT2D eigenvalue weighted by Crippen LogP contribution is -2.18. The fraction of sp³-hybridized carbons (Fsp3) is 0.533. The molecule has 1 aromatic rings. The average molecular weight is 230 g/mol. The van der Waals surface area contributed by atoms with Crippen molar-refractivity contribution in [2.75, 3.05) is 13.1 Å². The van der Waals surface area contributed by atoms with Gasteiger partial charge in [0.1, 0.15) is 0 Å². The second-order valence-corrected chi connectivity index (χ2v) is 4.33. The van der Waals surface area contributed by atoms with E-state index < -0.39 is 0 Å². The molecule has 1 N–H and O–H groups in total. The molecule has 0 heterocycles. The minimum Gasteiger partial charge on any atom is -0.316 e. The van der Waals surface area contributed by atoms with Crippen molar-refractivity contribution >= 4 is 0 Å². The molecule has 1 aromatic carbocycles. The molecule has 0 unspecified atom stereocenters. The molecule has 0 aliphatic rings. The maximum atomic E-state index is 8.39. The van der Waals surface area contributed by atoms with Gasteiger partial charge < -0.3 is 5.32 Å². The average Bonchev–Trinajstić information content (AvgIpc) is 2.36. The zero-order chi connectivity index (χ0) is 12.3.